The van der Waals surface area contributed by atoms with Crippen molar-refractivity contribution in [3.63, 3.8) is 0 Å². The Morgan fingerprint density at radius 1 is 1.31 bits per heavy atom. The summed E-state index contributed by atoms with van der Waals surface area (Å²) in [5.74, 6) is 0.340. The van der Waals surface area contributed by atoms with Crippen LogP contribution in [0.5, 0.6) is 5.75 Å². The Morgan fingerprint density at radius 3 is 2.84 bits per heavy atom. The van der Waals surface area contributed by atoms with Gasteiger partial charge in [-0.15, -0.1) is 0 Å². The van der Waals surface area contributed by atoms with E-state index in [2.05, 4.69) is 4.98 Å². The number of nitrogens with zero attached hydrogens (tertiary/aromatic N) is 3. The number of aryl methyl sites for hydroxylation is 1. The second-order valence-electron chi connectivity index (χ2n) is 8.95. The van der Waals surface area contributed by atoms with Crippen molar-refractivity contribution in [2.24, 2.45) is 5.92 Å². The number of hydrogen-bond donors (Lipinski definition) is 0. The normalized spacial score (nSPS) is 20.2. The van der Waals surface area contributed by atoms with Gasteiger partial charge >= 0.3 is 0 Å². The molecule has 32 heavy (non-hydrogen) atoms. The fourth-order valence-electron chi connectivity index (χ4n) is 4.22. The molecule has 2 aliphatic heterocycles. The van der Waals surface area contributed by atoms with Crippen molar-refractivity contribution >= 4 is 17.5 Å². The average molecular weight is 438 g/mol. The lowest BCUT2D eigenvalue weighted by molar-refractivity contribution is -0.135. The molecule has 0 radical (unpaired) electrons. The molecule has 0 aliphatic carbocycles. The molecule has 0 bridgehead atoms. The van der Waals surface area contributed by atoms with Gasteiger partial charge in [0.2, 0.25) is 5.91 Å². The van der Waals surface area contributed by atoms with Crippen LogP contribution in [0.3, 0.4) is 0 Å². The molecule has 170 valence electrons. The third kappa shape index (κ3) is 4.93. The van der Waals surface area contributed by atoms with Gasteiger partial charge in [0.15, 0.2) is 6.10 Å². The lowest BCUT2D eigenvalue weighted by Gasteiger charge is -2.37. The second kappa shape index (κ2) is 9.69. The number of carbonyl (C=O) groups excluding carboxylic acids is 2. The maximum Gasteiger partial charge on any atom is 0.268 e. The standard InChI is InChI=1S/C25H31N3O4/c1-17(2)24-25(30)28(21-12-18(3)8-9-22(21)32-24)16-23(29)27(15-20-7-5-11-31-20)14-19-6-4-10-26-13-19/h4,6,8-10,12-13,17,20,24H,5,7,11,14-16H2,1-3H3. The zero-order valence-corrected chi connectivity index (χ0v) is 19.0. The second-order valence-corrected chi connectivity index (χ2v) is 8.95. The lowest BCUT2D eigenvalue weighted by atomic mass is 10.0. The number of rotatable bonds is 7. The Kier molecular flexibility index (Phi) is 6.74. The van der Waals surface area contributed by atoms with Crippen molar-refractivity contribution in [2.75, 3.05) is 24.6 Å². The first-order valence-electron chi connectivity index (χ1n) is 11.3. The van der Waals surface area contributed by atoms with Crippen molar-refractivity contribution in [1.29, 1.82) is 0 Å². The molecule has 0 spiro atoms. The topological polar surface area (TPSA) is 72.0 Å². The van der Waals surface area contributed by atoms with Crippen LogP contribution in [0.4, 0.5) is 5.69 Å². The van der Waals surface area contributed by atoms with Gasteiger partial charge in [-0.1, -0.05) is 26.0 Å². The fraction of sp³-hybridized carbons (Fsp3) is 0.480. The van der Waals surface area contributed by atoms with E-state index in [4.69, 9.17) is 9.47 Å². The minimum atomic E-state index is -0.608. The molecule has 1 fully saturated rings. The molecule has 0 saturated carbocycles. The maximum absolute atomic E-state index is 13.5. The highest BCUT2D eigenvalue weighted by Gasteiger charge is 2.38. The van der Waals surface area contributed by atoms with Crippen LogP contribution in [0, 0.1) is 12.8 Å². The van der Waals surface area contributed by atoms with E-state index in [-0.39, 0.29) is 30.4 Å². The van der Waals surface area contributed by atoms with Gasteiger partial charge in [0, 0.05) is 32.1 Å². The number of amides is 2. The average Bonchev–Trinajstić information content (AvgIpc) is 3.29. The van der Waals surface area contributed by atoms with Crippen LogP contribution >= 0.6 is 0 Å². The van der Waals surface area contributed by atoms with E-state index in [1.54, 1.807) is 22.2 Å². The van der Waals surface area contributed by atoms with Gasteiger partial charge in [0.1, 0.15) is 12.3 Å². The van der Waals surface area contributed by atoms with Gasteiger partial charge < -0.3 is 14.4 Å². The van der Waals surface area contributed by atoms with E-state index in [1.165, 1.54) is 0 Å². The SMILES string of the molecule is Cc1ccc2c(c1)N(CC(=O)N(Cc1cccnc1)CC1CCCO1)C(=O)C(C(C)C)O2. The predicted molar refractivity (Wildman–Crippen MR) is 121 cm³/mol. The lowest BCUT2D eigenvalue weighted by Crippen LogP contribution is -2.52. The number of carbonyl (C=O) groups is 2. The van der Waals surface area contributed by atoms with E-state index in [0.29, 0.717) is 24.5 Å². The first-order chi connectivity index (χ1) is 15.4. The van der Waals surface area contributed by atoms with E-state index >= 15 is 0 Å². The number of pyridine rings is 1. The Morgan fingerprint density at radius 2 is 2.16 bits per heavy atom. The highest BCUT2D eigenvalue weighted by molar-refractivity contribution is 6.04. The molecule has 1 aromatic carbocycles. The quantitative estimate of drug-likeness (QED) is 0.664. The van der Waals surface area contributed by atoms with Crippen molar-refractivity contribution in [3.8, 4) is 5.75 Å². The van der Waals surface area contributed by atoms with Gasteiger partial charge in [-0.3, -0.25) is 19.5 Å². The summed E-state index contributed by atoms with van der Waals surface area (Å²) in [4.78, 5) is 34.4. The van der Waals surface area contributed by atoms with Crippen molar-refractivity contribution in [3.05, 3.63) is 53.9 Å². The molecule has 3 heterocycles. The third-order valence-electron chi connectivity index (χ3n) is 5.96. The van der Waals surface area contributed by atoms with Crippen molar-refractivity contribution < 1.29 is 19.1 Å². The summed E-state index contributed by atoms with van der Waals surface area (Å²) in [5.41, 5.74) is 2.61. The molecule has 2 unspecified atom stereocenters. The Hall–Kier alpha value is -2.93. The predicted octanol–water partition coefficient (Wildman–Crippen LogP) is 3.35. The molecular weight excluding hydrogens is 406 g/mol. The summed E-state index contributed by atoms with van der Waals surface area (Å²) in [5, 5.41) is 0. The van der Waals surface area contributed by atoms with Crippen molar-refractivity contribution in [1.82, 2.24) is 9.88 Å². The van der Waals surface area contributed by atoms with Crippen molar-refractivity contribution in [2.45, 2.75) is 52.4 Å². The number of anilines is 1. The van der Waals surface area contributed by atoms with E-state index in [0.717, 1.165) is 30.6 Å². The third-order valence-corrected chi connectivity index (χ3v) is 5.96. The summed E-state index contributed by atoms with van der Waals surface area (Å²) in [6.07, 6.45) is 4.84. The number of fused-ring (bicyclic) bond motifs is 1. The Bertz CT molecular complexity index is 957. The van der Waals surface area contributed by atoms with E-state index < -0.39 is 6.10 Å². The van der Waals surface area contributed by atoms with E-state index in [1.807, 2.05) is 51.1 Å². The summed E-state index contributed by atoms with van der Waals surface area (Å²) >= 11 is 0. The zero-order valence-electron chi connectivity index (χ0n) is 19.0. The fourth-order valence-corrected chi connectivity index (χ4v) is 4.22. The molecule has 7 heteroatoms. The van der Waals surface area contributed by atoms with Crippen LogP contribution in [0.25, 0.3) is 0 Å². The number of hydrogen-bond acceptors (Lipinski definition) is 5. The summed E-state index contributed by atoms with van der Waals surface area (Å²) in [6.45, 7) is 7.49. The smallest absolute Gasteiger partial charge is 0.268 e. The summed E-state index contributed by atoms with van der Waals surface area (Å²) < 4.78 is 11.8. The summed E-state index contributed by atoms with van der Waals surface area (Å²) in [7, 11) is 0. The van der Waals surface area contributed by atoms with Crippen LogP contribution in [-0.2, 0) is 20.9 Å². The Balaban J connectivity index is 1.59. The molecule has 0 N–H and O–H groups in total. The molecule has 4 rings (SSSR count). The zero-order chi connectivity index (χ0) is 22.7. The molecule has 2 amide bonds. The number of benzene rings is 1. The van der Waals surface area contributed by atoms with Crippen LogP contribution in [0.2, 0.25) is 0 Å². The van der Waals surface area contributed by atoms with Gasteiger partial charge in [-0.25, -0.2) is 0 Å². The van der Waals surface area contributed by atoms with Crippen LogP contribution in [0.15, 0.2) is 42.7 Å². The maximum atomic E-state index is 13.5. The minimum Gasteiger partial charge on any atom is -0.478 e. The molecule has 2 aromatic rings. The van der Waals surface area contributed by atoms with Gasteiger partial charge in [-0.2, -0.15) is 0 Å². The molecular formula is C25H31N3O4. The van der Waals surface area contributed by atoms with Crippen LogP contribution in [-0.4, -0.2) is 53.6 Å². The number of ether oxygens (including phenoxy) is 2. The van der Waals surface area contributed by atoms with E-state index in [9.17, 15) is 9.59 Å². The molecule has 2 atom stereocenters. The van der Waals surface area contributed by atoms with Gasteiger partial charge in [0.25, 0.3) is 5.91 Å². The van der Waals surface area contributed by atoms with Crippen LogP contribution < -0.4 is 9.64 Å². The van der Waals surface area contributed by atoms with Gasteiger partial charge in [0.05, 0.1) is 11.8 Å². The van der Waals surface area contributed by atoms with Gasteiger partial charge in [-0.05, 0) is 55.0 Å². The largest absolute Gasteiger partial charge is 0.478 e. The monoisotopic (exact) mass is 437 g/mol. The minimum absolute atomic E-state index is 0.00654. The Labute approximate surface area is 189 Å². The number of aromatic nitrogens is 1. The highest BCUT2D eigenvalue weighted by Crippen LogP contribution is 2.36. The van der Waals surface area contributed by atoms with Crippen LogP contribution in [0.1, 0.15) is 37.8 Å². The molecule has 7 nitrogen and oxygen atoms in total. The molecule has 1 aromatic heterocycles. The first-order valence-corrected chi connectivity index (χ1v) is 11.3. The molecule has 1 saturated heterocycles. The first kappa shape index (κ1) is 22.3. The summed E-state index contributed by atoms with van der Waals surface area (Å²) in [6, 6.07) is 9.56. The molecule has 2 aliphatic rings. The highest BCUT2D eigenvalue weighted by atomic mass is 16.5.